The highest BCUT2D eigenvalue weighted by molar-refractivity contribution is 9.10. The van der Waals surface area contributed by atoms with Gasteiger partial charge in [-0.3, -0.25) is 9.78 Å². The highest BCUT2D eigenvalue weighted by Gasteiger charge is 2.25. The minimum Gasteiger partial charge on any atom is -0.324 e. The Hall–Kier alpha value is -1.46. The summed E-state index contributed by atoms with van der Waals surface area (Å²) < 4.78 is 0.932. The zero-order valence-corrected chi connectivity index (χ0v) is 11.2. The molecule has 3 rings (SSSR count). The van der Waals surface area contributed by atoms with Crippen LogP contribution in [0.1, 0.15) is 0 Å². The maximum atomic E-state index is 11.9. The molecule has 4 nitrogen and oxygen atoms in total. The Balaban J connectivity index is 1.93. The van der Waals surface area contributed by atoms with Gasteiger partial charge in [0.05, 0.1) is 17.1 Å². The van der Waals surface area contributed by atoms with Gasteiger partial charge in [0, 0.05) is 29.1 Å². The maximum absolute atomic E-state index is 11.9. The molecule has 2 aromatic rings. The van der Waals surface area contributed by atoms with E-state index in [9.17, 15) is 4.79 Å². The van der Waals surface area contributed by atoms with Gasteiger partial charge in [0.1, 0.15) is 0 Å². The van der Waals surface area contributed by atoms with Crippen molar-refractivity contribution in [1.82, 2.24) is 10.3 Å². The summed E-state index contributed by atoms with van der Waals surface area (Å²) in [7, 11) is 0. The number of carbonyl (C=O) groups is 1. The number of fused-ring (bicyclic) bond motifs is 1. The number of amides is 1. The van der Waals surface area contributed by atoms with Gasteiger partial charge in [-0.05, 0) is 28.1 Å². The molecule has 0 atom stereocenters. The summed E-state index contributed by atoms with van der Waals surface area (Å²) in [6, 6.07) is 7.77. The van der Waals surface area contributed by atoms with E-state index < -0.39 is 0 Å². The third-order valence-electron chi connectivity index (χ3n) is 3.09. The predicted octanol–water partition coefficient (Wildman–Crippen LogP) is 2.16. The van der Waals surface area contributed by atoms with E-state index in [1.165, 1.54) is 0 Å². The molecule has 5 heteroatoms. The fourth-order valence-corrected chi connectivity index (χ4v) is 2.29. The molecule has 0 radical (unpaired) electrons. The van der Waals surface area contributed by atoms with Gasteiger partial charge in [0.25, 0.3) is 0 Å². The molecule has 0 aliphatic carbocycles. The highest BCUT2D eigenvalue weighted by Crippen LogP contribution is 2.24. The van der Waals surface area contributed by atoms with Crippen LogP contribution in [0.25, 0.3) is 10.9 Å². The Morgan fingerprint density at radius 3 is 3.00 bits per heavy atom. The minimum atomic E-state index is 0.0611. The predicted molar refractivity (Wildman–Crippen MR) is 74.4 cm³/mol. The van der Waals surface area contributed by atoms with Gasteiger partial charge in [-0.25, -0.2) is 0 Å². The molecule has 1 aliphatic heterocycles. The quantitative estimate of drug-likeness (QED) is 0.894. The van der Waals surface area contributed by atoms with Gasteiger partial charge >= 0.3 is 0 Å². The number of para-hydroxylation sites is 1. The summed E-state index contributed by atoms with van der Waals surface area (Å²) in [5.74, 6) is 0.140. The van der Waals surface area contributed by atoms with Crippen molar-refractivity contribution >= 4 is 38.4 Å². The van der Waals surface area contributed by atoms with Crippen molar-refractivity contribution in [3.8, 4) is 0 Å². The average Bonchev–Trinajstić information content (AvgIpc) is 2.26. The third-order valence-corrected chi connectivity index (χ3v) is 3.52. The van der Waals surface area contributed by atoms with Crippen molar-refractivity contribution < 1.29 is 4.79 Å². The molecule has 1 aromatic heterocycles. The van der Waals surface area contributed by atoms with Crippen LogP contribution in [-0.2, 0) is 4.79 Å². The average molecular weight is 306 g/mol. The molecule has 1 amide bonds. The molecule has 1 aliphatic rings. The SMILES string of the molecule is O=C(Nc1cccc2cc(Br)cnc12)C1CNC1. The topological polar surface area (TPSA) is 54.0 Å². The number of nitrogens with one attached hydrogen (secondary N) is 2. The second-order valence-corrected chi connectivity index (χ2v) is 5.29. The number of pyridine rings is 1. The third kappa shape index (κ3) is 2.11. The number of benzene rings is 1. The zero-order valence-electron chi connectivity index (χ0n) is 9.61. The zero-order chi connectivity index (χ0) is 12.5. The second-order valence-electron chi connectivity index (χ2n) is 4.38. The molecular weight excluding hydrogens is 294 g/mol. The Morgan fingerprint density at radius 1 is 1.44 bits per heavy atom. The van der Waals surface area contributed by atoms with Gasteiger partial charge < -0.3 is 10.6 Å². The lowest BCUT2D eigenvalue weighted by Gasteiger charge is -2.25. The van der Waals surface area contributed by atoms with Gasteiger partial charge in [-0.15, -0.1) is 0 Å². The van der Waals surface area contributed by atoms with E-state index in [1.54, 1.807) is 6.20 Å². The molecule has 2 N–H and O–H groups in total. The van der Waals surface area contributed by atoms with Crippen LogP contribution in [-0.4, -0.2) is 24.0 Å². The molecule has 0 bridgehead atoms. The van der Waals surface area contributed by atoms with E-state index in [0.29, 0.717) is 0 Å². The summed E-state index contributed by atoms with van der Waals surface area (Å²) in [6.45, 7) is 1.52. The summed E-state index contributed by atoms with van der Waals surface area (Å²) in [6.07, 6.45) is 1.74. The van der Waals surface area contributed by atoms with Crippen molar-refractivity contribution in [2.24, 2.45) is 5.92 Å². The Labute approximate surface area is 113 Å². The summed E-state index contributed by atoms with van der Waals surface area (Å²) in [5.41, 5.74) is 1.60. The molecule has 1 aromatic carbocycles. The maximum Gasteiger partial charge on any atom is 0.230 e. The van der Waals surface area contributed by atoms with Crippen LogP contribution in [0.15, 0.2) is 34.9 Å². The monoisotopic (exact) mass is 305 g/mol. The highest BCUT2D eigenvalue weighted by atomic mass is 79.9. The number of halogens is 1. The van der Waals surface area contributed by atoms with Gasteiger partial charge in [0.15, 0.2) is 0 Å². The molecule has 1 fully saturated rings. The fourth-order valence-electron chi connectivity index (χ4n) is 1.94. The van der Waals surface area contributed by atoms with Crippen LogP contribution in [0.2, 0.25) is 0 Å². The summed E-state index contributed by atoms with van der Waals surface area (Å²) in [4.78, 5) is 16.3. The van der Waals surface area contributed by atoms with Crippen molar-refractivity contribution in [1.29, 1.82) is 0 Å². The van der Waals surface area contributed by atoms with Crippen LogP contribution in [0.3, 0.4) is 0 Å². The first-order valence-corrected chi connectivity index (χ1v) is 6.59. The number of carbonyl (C=O) groups excluding carboxylic acids is 1. The van der Waals surface area contributed by atoms with Crippen molar-refractivity contribution in [3.63, 3.8) is 0 Å². The first-order chi connectivity index (χ1) is 8.74. The van der Waals surface area contributed by atoms with E-state index in [4.69, 9.17) is 0 Å². The van der Waals surface area contributed by atoms with E-state index in [2.05, 4.69) is 31.5 Å². The van der Waals surface area contributed by atoms with E-state index in [-0.39, 0.29) is 11.8 Å². The molecule has 92 valence electrons. The van der Waals surface area contributed by atoms with E-state index in [1.807, 2.05) is 24.3 Å². The van der Waals surface area contributed by atoms with E-state index in [0.717, 1.165) is 34.2 Å². The standard InChI is InChI=1S/C13H12BrN3O/c14-10-4-8-2-1-3-11(12(8)16-7-10)17-13(18)9-5-15-6-9/h1-4,7,9,15H,5-6H2,(H,17,18). The van der Waals surface area contributed by atoms with Crippen LogP contribution < -0.4 is 10.6 Å². The van der Waals surface area contributed by atoms with Gasteiger partial charge in [0.2, 0.25) is 5.91 Å². The van der Waals surface area contributed by atoms with Crippen molar-refractivity contribution in [2.45, 2.75) is 0 Å². The van der Waals surface area contributed by atoms with Crippen LogP contribution >= 0.6 is 15.9 Å². The number of rotatable bonds is 2. The Kier molecular flexibility index (Phi) is 3.01. The number of nitrogens with zero attached hydrogens (tertiary/aromatic N) is 1. The van der Waals surface area contributed by atoms with Gasteiger partial charge in [-0.2, -0.15) is 0 Å². The van der Waals surface area contributed by atoms with Crippen molar-refractivity contribution in [2.75, 3.05) is 18.4 Å². The molecular formula is C13H12BrN3O. The number of aromatic nitrogens is 1. The number of hydrogen-bond acceptors (Lipinski definition) is 3. The smallest absolute Gasteiger partial charge is 0.230 e. The Bertz CT molecular complexity index is 610. The molecule has 2 heterocycles. The molecule has 0 saturated carbocycles. The number of anilines is 1. The lowest BCUT2D eigenvalue weighted by Crippen LogP contribution is -2.48. The summed E-state index contributed by atoms with van der Waals surface area (Å²) in [5, 5.41) is 7.05. The first kappa shape index (κ1) is 11.6. The van der Waals surface area contributed by atoms with Gasteiger partial charge in [-0.1, -0.05) is 12.1 Å². The normalized spacial score (nSPS) is 15.4. The number of hydrogen-bond donors (Lipinski definition) is 2. The lowest BCUT2D eigenvalue weighted by atomic mass is 10.0. The fraction of sp³-hybridized carbons (Fsp3) is 0.231. The Morgan fingerprint density at radius 2 is 2.28 bits per heavy atom. The minimum absolute atomic E-state index is 0.0611. The molecule has 0 unspecified atom stereocenters. The molecule has 1 saturated heterocycles. The largest absolute Gasteiger partial charge is 0.324 e. The van der Waals surface area contributed by atoms with E-state index >= 15 is 0 Å². The molecule has 18 heavy (non-hydrogen) atoms. The van der Waals surface area contributed by atoms with Crippen LogP contribution in [0.4, 0.5) is 5.69 Å². The van der Waals surface area contributed by atoms with Crippen molar-refractivity contribution in [3.05, 3.63) is 34.9 Å². The second kappa shape index (κ2) is 4.66. The first-order valence-electron chi connectivity index (χ1n) is 5.80. The molecule has 0 spiro atoms. The van der Waals surface area contributed by atoms with Crippen LogP contribution in [0.5, 0.6) is 0 Å². The lowest BCUT2D eigenvalue weighted by molar-refractivity contribution is -0.121. The summed E-state index contributed by atoms with van der Waals surface area (Å²) >= 11 is 3.39. The van der Waals surface area contributed by atoms with Crippen LogP contribution in [0, 0.1) is 5.92 Å².